The van der Waals surface area contributed by atoms with Crippen LogP contribution in [0, 0.1) is 17.0 Å². The highest BCUT2D eigenvalue weighted by Gasteiger charge is 2.15. The number of hydrogen-bond donors (Lipinski definition) is 0. The molecule has 30 heavy (non-hydrogen) atoms. The fourth-order valence-corrected chi connectivity index (χ4v) is 2.88. The summed E-state index contributed by atoms with van der Waals surface area (Å²) in [5.74, 6) is -0.433. The number of aryl methyl sites for hydroxylation is 1. The van der Waals surface area contributed by atoms with Gasteiger partial charge < -0.3 is 9.47 Å². The van der Waals surface area contributed by atoms with Crippen LogP contribution in [0.15, 0.2) is 60.7 Å². The summed E-state index contributed by atoms with van der Waals surface area (Å²) in [6, 6.07) is 15.5. The lowest BCUT2D eigenvalue weighted by Crippen LogP contribution is -2.13. The Morgan fingerprint density at radius 2 is 1.77 bits per heavy atom. The van der Waals surface area contributed by atoms with Crippen LogP contribution in [0.25, 0.3) is 16.8 Å². The highest BCUT2D eigenvalue weighted by molar-refractivity contribution is 5.99. The minimum Gasteiger partial charge on any atom is -0.497 e. The number of hydrogen-bond acceptors (Lipinski definition) is 6. The van der Waals surface area contributed by atoms with Crippen molar-refractivity contribution in [3.63, 3.8) is 0 Å². The van der Waals surface area contributed by atoms with Crippen molar-refractivity contribution in [1.82, 2.24) is 0 Å². The van der Waals surface area contributed by atoms with Gasteiger partial charge in [-0.15, -0.1) is 0 Å². The third-order valence-corrected chi connectivity index (χ3v) is 4.56. The first-order valence-corrected chi connectivity index (χ1v) is 9.08. The SMILES string of the molecule is COc1ccc2cc(/C=C/C(=O)OCC(=O)c3ccc(C)c([N+](=O)[O-])c3)ccc2c1. The number of nitro groups is 1. The van der Waals surface area contributed by atoms with E-state index in [4.69, 9.17) is 9.47 Å². The Bertz CT molecular complexity index is 1170. The van der Waals surface area contributed by atoms with E-state index in [0.717, 1.165) is 22.1 Å². The third kappa shape index (κ3) is 4.88. The van der Waals surface area contributed by atoms with E-state index in [2.05, 4.69) is 0 Å². The molecule has 0 radical (unpaired) electrons. The minimum atomic E-state index is -0.681. The molecule has 3 aromatic rings. The van der Waals surface area contributed by atoms with Gasteiger partial charge in [0.1, 0.15) is 5.75 Å². The summed E-state index contributed by atoms with van der Waals surface area (Å²) in [5.41, 5.74) is 1.21. The molecule has 7 nitrogen and oxygen atoms in total. The maximum Gasteiger partial charge on any atom is 0.331 e. The van der Waals surface area contributed by atoms with Crippen LogP contribution in [0.5, 0.6) is 5.75 Å². The van der Waals surface area contributed by atoms with Crippen LogP contribution in [0.4, 0.5) is 5.69 Å². The molecule has 0 spiro atoms. The van der Waals surface area contributed by atoms with E-state index in [1.165, 1.54) is 24.3 Å². The van der Waals surface area contributed by atoms with Gasteiger partial charge >= 0.3 is 5.97 Å². The summed E-state index contributed by atoms with van der Waals surface area (Å²) in [5, 5.41) is 13.0. The number of ketones is 1. The number of nitrogens with zero attached hydrogens (tertiary/aromatic N) is 1. The van der Waals surface area contributed by atoms with Crippen LogP contribution in [0.2, 0.25) is 0 Å². The van der Waals surface area contributed by atoms with Crippen LogP contribution in [0.3, 0.4) is 0 Å². The molecule has 0 atom stereocenters. The van der Waals surface area contributed by atoms with Gasteiger partial charge in [-0.1, -0.05) is 30.3 Å². The Labute approximate surface area is 172 Å². The highest BCUT2D eigenvalue weighted by atomic mass is 16.6. The second-order valence-electron chi connectivity index (χ2n) is 6.60. The lowest BCUT2D eigenvalue weighted by atomic mass is 10.1. The zero-order valence-corrected chi connectivity index (χ0v) is 16.5. The van der Waals surface area contributed by atoms with E-state index in [1.807, 2.05) is 36.4 Å². The lowest BCUT2D eigenvalue weighted by Gasteiger charge is -2.04. The van der Waals surface area contributed by atoms with Crippen molar-refractivity contribution >= 4 is 34.3 Å². The van der Waals surface area contributed by atoms with E-state index in [1.54, 1.807) is 20.1 Å². The molecule has 0 aliphatic heterocycles. The zero-order chi connectivity index (χ0) is 21.7. The maximum atomic E-state index is 12.2. The van der Waals surface area contributed by atoms with Crippen molar-refractivity contribution in [1.29, 1.82) is 0 Å². The molecule has 0 fully saturated rings. The monoisotopic (exact) mass is 405 g/mol. The number of ether oxygens (including phenoxy) is 2. The van der Waals surface area contributed by atoms with E-state index in [-0.39, 0.29) is 11.3 Å². The van der Waals surface area contributed by atoms with Gasteiger partial charge in [0.05, 0.1) is 12.0 Å². The summed E-state index contributed by atoms with van der Waals surface area (Å²) in [4.78, 5) is 34.6. The van der Waals surface area contributed by atoms with Crippen molar-refractivity contribution < 1.29 is 24.0 Å². The Balaban J connectivity index is 1.62. The van der Waals surface area contributed by atoms with Crippen molar-refractivity contribution in [3.8, 4) is 5.75 Å². The molecule has 0 heterocycles. The van der Waals surface area contributed by atoms with Crippen LogP contribution in [-0.2, 0) is 9.53 Å². The molecule has 0 saturated heterocycles. The molecule has 152 valence electrons. The summed E-state index contributed by atoms with van der Waals surface area (Å²) >= 11 is 0. The van der Waals surface area contributed by atoms with Gasteiger partial charge in [0.15, 0.2) is 6.61 Å². The second-order valence-corrected chi connectivity index (χ2v) is 6.60. The van der Waals surface area contributed by atoms with Gasteiger partial charge in [0, 0.05) is 23.3 Å². The number of rotatable bonds is 7. The Hall–Kier alpha value is -4.00. The summed E-state index contributed by atoms with van der Waals surface area (Å²) in [6.07, 6.45) is 2.82. The van der Waals surface area contributed by atoms with Crippen LogP contribution < -0.4 is 4.74 Å². The van der Waals surface area contributed by atoms with Gasteiger partial charge in [0.2, 0.25) is 5.78 Å². The molecular weight excluding hydrogens is 386 g/mol. The van der Waals surface area contributed by atoms with Crippen molar-refractivity contribution in [2.75, 3.05) is 13.7 Å². The first-order chi connectivity index (χ1) is 14.4. The molecule has 3 rings (SSSR count). The van der Waals surface area contributed by atoms with Crippen LogP contribution >= 0.6 is 0 Å². The standard InChI is InChI=1S/C23H19NO6/c1-15-3-6-19(13-21(15)24(27)28)22(25)14-30-23(26)10-5-16-4-7-18-12-20(29-2)9-8-17(18)11-16/h3-13H,14H2,1-2H3/b10-5+. The van der Waals surface area contributed by atoms with E-state index < -0.39 is 23.3 Å². The first kappa shape index (κ1) is 20.7. The van der Waals surface area contributed by atoms with E-state index in [0.29, 0.717) is 5.56 Å². The third-order valence-electron chi connectivity index (χ3n) is 4.56. The topological polar surface area (TPSA) is 95.7 Å². The fourth-order valence-electron chi connectivity index (χ4n) is 2.88. The number of benzene rings is 3. The summed E-state index contributed by atoms with van der Waals surface area (Å²) in [6.45, 7) is 1.08. The van der Waals surface area contributed by atoms with Crippen molar-refractivity contribution in [2.45, 2.75) is 6.92 Å². The van der Waals surface area contributed by atoms with Gasteiger partial charge in [-0.3, -0.25) is 14.9 Å². The Morgan fingerprint density at radius 3 is 2.50 bits per heavy atom. The van der Waals surface area contributed by atoms with Crippen LogP contribution in [0.1, 0.15) is 21.5 Å². The van der Waals surface area contributed by atoms with Gasteiger partial charge in [0.25, 0.3) is 5.69 Å². The normalized spacial score (nSPS) is 10.9. The average Bonchev–Trinajstić information content (AvgIpc) is 2.75. The number of carbonyl (C=O) groups excluding carboxylic acids is 2. The lowest BCUT2D eigenvalue weighted by molar-refractivity contribution is -0.385. The molecule has 0 aromatic heterocycles. The predicted octanol–water partition coefficient (Wildman–Crippen LogP) is 4.50. The predicted molar refractivity (Wildman–Crippen MR) is 113 cm³/mol. The molecule has 0 bridgehead atoms. The minimum absolute atomic E-state index is 0.119. The van der Waals surface area contributed by atoms with Crippen molar-refractivity contribution in [2.24, 2.45) is 0 Å². The maximum absolute atomic E-state index is 12.2. The van der Waals surface area contributed by atoms with E-state index >= 15 is 0 Å². The Kier molecular flexibility index (Phi) is 6.22. The quantitative estimate of drug-likeness (QED) is 0.189. The second kappa shape index (κ2) is 9.00. The number of Topliss-reactive ketones (excluding diaryl/α,β-unsaturated/α-hetero) is 1. The molecule has 0 saturated carbocycles. The molecular formula is C23H19NO6. The van der Waals surface area contributed by atoms with Crippen LogP contribution in [-0.4, -0.2) is 30.4 Å². The molecule has 3 aromatic carbocycles. The van der Waals surface area contributed by atoms with Gasteiger partial charge in [-0.25, -0.2) is 4.79 Å². The molecule has 0 aliphatic carbocycles. The average molecular weight is 405 g/mol. The summed E-state index contributed by atoms with van der Waals surface area (Å²) in [7, 11) is 1.61. The Morgan fingerprint density at radius 1 is 1.03 bits per heavy atom. The molecule has 0 amide bonds. The molecule has 0 unspecified atom stereocenters. The first-order valence-electron chi connectivity index (χ1n) is 9.08. The summed E-state index contributed by atoms with van der Waals surface area (Å²) < 4.78 is 10.2. The number of methoxy groups -OCH3 is 1. The van der Waals surface area contributed by atoms with E-state index in [9.17, 15) is 19.7 Å². The molecule has 0 aliphatic rings. The number of fused-ring (bicyclic) bond motifs is 1. The number of nitro benzene ring substituents is 1. The highest BCUT2D eigenvalue weighted by Crippen LogP contribution is 2.22. The number of carbonyl (C=O) groups is 2. The number of esters is 1. The molecule has 7 heteroatoms. The molecule has 0 N–H and O–H groups in total. The fraction of sp³-hybridized carbons (Fsp3) is 0.130. The van der Waals surface area contributed by atoms with Crippen molar-refractivity contribution in [3.05, 3.63) is 87.5 Å². The smallest absolute Gasteiger partial charge is 0.331 e. The largest absolute Gasteiger partial charge is 0.497 e. The van der Waals surface area contributed by atoms with Gasteiger partial charge in [-0.2, -0.15) is 0 Å². The zero-order valence-electron chi connectivity index (χ0n) is 16.5. The van der Waals surface area contributed by atoms with Gasteiger partial charge in [-0.05, 0) is 47.5 Å².